The van der Waals surface area contributed by atoms with E-state index in [2.05, 4.69) is 4.74 Å². The highest BCUT2D eigenvalue weighted by Gasteiger charge is 2.29. The molecule has 0 saturated carbocycles. The molecule has 2 amide bonds. The van der Waals surface area contributed by atoms with Gasteiger partial charge in [0.15, 0.2) is 6.61 Å². The molecule has 0 aliphatic carbocycles. The van der Waals surface area contributed by atoms with E-state index >= 15 is 0 Å². The van der Waals surface area contributed by atoms with Crippen LogP contribution in [-0.2, 0) is 14.3 Å². The number of likely N-dealkylation sites (N-methyl/N-ethyl adjacent to an activating group) is 1. The lowest BCUT2D eigenvalue weighted by Gasteiger charge is -2.23. The molecule has 130 valence electrons. The zero-order chi connectivity index (χ0) is 18.8. The van der Waals surface area contributed by atoms with Crippen LogP contribution in [0.15, 0.2) is 0 Å². The van der Waals surface area contributed by atoms with Crippen LogP contribution in [0.25, 0.3) is 0 Å². The Morgan fingerprint density at radius 3 is 2.00 bits per heavy atom. The summed E-state index contributed by atoms with van der Waals surface area (Å²) < 4.78 is 5.79. The van der Waals surface area contributed by atoms with Crippen molar-refractivity contribution in [3.8, 4) is 0 Å². The highest BCUT2D eigenvalue weighted by atomic mass is 127. The van der Waals surface area contributed by atoms with Gasteiger partial charge in [0, 0.05) is 17.5 Å². The Hall–Kier alpha value is -0.220. The molecule has 0 aromatic heterocycles. The van der Waals surface area contributed by atoms with Gasteiger partial charge < -0.3 is 15.4 Å². The summed E-state index contributed by atoms with van der Waals surface area (Å²) in [6.07, 6.45) is 0. The van der Waals surface area contributed by atoms with Crippen molar-refractivity contribution in [2.45, 2.75) is 6.92 Å². The maximum absolute atomic E-state index is 12.2. The van der Waals surface area contributed by atoms with Crippen LogP contribution >= 0.6 is 79.4 Å². The molecule has 0 aliphatic rings. The van der Waals surface area contributed by atoms with E-state index in [0.29, 0.717) is 16.4 Å². The van der Waals surface area contributed by atoms with E-state index in [0.717, 1.165) is 0 Å². The van der Waals surface area contributed by atoms with Gasteiger partial charge in [0.05, 0.1) is 24.0 Å². The maximum Gasteiger partial charge on any atom is 0.303 e. The normalized spacial score (nSPS) is 10.2. The third-order valence-electron chi connectivity index (χ3n) is 2.85. The van der Waals surface area contributed by atoms with Gasteiger partial charge in [-0.15, -0.1) is 0 Å². The highest BCUT2D eigenvalue weighted by molar-refractivity contribution is 14.1. The fourth-order valence-corrected chi connectivity index (χ4v) is 7.14. The molecule has 1 aromatic rings. The minimum atomic E-state index is -0.773. The Morgan fingerprint density at radius 1 is 1.08 bits per heavy atom. The van der Waals surface area contributed by atoms with E-state index in [4.69, 9.17) is 17.3 Å². The minimum absolute atomic E-state index is 0.0919. The van der Waals surface area contributed by atoms with Gasteiger partial charge in [-0.1, -0.05) is 0 Å². The van der Waals surface area contributed by atoms with Crippen molar-refractivity contribution in [2.24, 2.45) is 5.73 Å². The second kappa shape index (κ2) is 8.93. The van der Waals surface area contributed by atoms with Crippen molar-refractivity contribution in [2.75, 3.05) is 18.6 Å². The predicted molar refractivity (Wildman–Crippen MR) is 113 cm³/mol. The predicted octanol–water partition coefficient (Wildman–Crippen LogP) is 2.50. The Bertz CT molecular complexity index is 713. The number of amides is 2. The quantitative estimate of drug-likeness (QED) is 0.291. The van der Waals surface area contributed by atoms with E-state index in [9.17, 15) is 19.2 Å². The van der Waals surface area contributed by atoms with Crippen molar-refractivity contribution in [1.82, 2.24) is 0 Å². The van der Waals surface area contributed by atoms with Crippen molar-refractivity contribution < 1.29 is 23.9 Å². The minimum Gasteiger partial charge on any atom is -0.456 e. The summed E-state index contributed by atoms with van der Waals surface area (Å²) in [5.74, 6) is -1.88. The molecule has 0 radical (unpaired) electrons. The molecule has 0 spiro atoms. The van der Waals surface area contributed by atoms with Crippen LogP contribution in [0.3, 0.4) is 0 Å². The molecule has 0 aliphatic heterocycles. The summed E-state index contributed by atoms with van der Waals surface area (Å²) in [6, 6.07) is 0. The molecular formula is C13H10ClI3N2O5. The van der Waals surface area contributed by atoms with Crippen LogP contribution in [0, 0.1) is 10.7 Å². The molecule has 0 bridgehead atoms. The molecule has 7 nitrogen and oxygen atoms in total. The van der Waals surface area contributed by atoms with Gasteiger partial charge in [0.1, 0.15) is 0 Å². The number of halogens is 4. The average molecular weight is 690 g/mol. The smallest absolute Gasteiger partial charge is 0.303 e. The highest BCUT2D eigenvalue weighted by Crippen LogP contribution is 2.38. The number of carbonyl (C=O) groups is 4. The first-order valence-electron chi connectivity index (χ1n) is 6.10. The number of anilines is 1. The maximum atomic E-state index is 12.2. The Labute approximate surface area is 183 Å². The topological polar surface area (TPSA) is 107 Å². The van der Waals surface area contributed by atoms with E-state index in [1.165, 1.54) is 18.9 Å². The summed E-state index contributed by atoms with van der Waals surface area (Å²) in [4.78, 5) is 47.8. The first-order chi connectivity index (χ1) is 11.0. The lowest BCUT2D eigenvalue weighted by Crippen LogP contribution is -2.33. The second-order valence-electron chi connectivity index (χ2n) is 4.41. The zero-order valence-electron chi connectivity index (χ0n) is 12.3. The number of benzene rings is 1. The van der Waals surface area contributed by atoms with Crippen LogP contribution in [0.4, 0.5) is 5.69 Å². The van der Waals surface area contributed by atoms with Crippen molar-refractivity contribution in [3.63, 3.8) is 0 Å². The molecule has 24 heavy (non-hydrogen) atoms. The van der Waals surface area contributed by atoms with Crippen LogP contribution in [-0.4, -0.2) is 36.7 Å². The summed E-state index contributed by atoms with van der Waals surface area (Å²) in [5, 5.41) is -0.773. The second-order valence-corrected chi connectivity index (χ2v) is 7.99. The Balaban J connectivity index is 3.57. The Morgan fingerprint density at radius 2 is 1.58 bits per heavy atom. The number of hydrogen-bond acceptors (Lipinski definition) is 5. The van der Waals surface area contributed by atoms with E-state index < -0.39 is 29.6 Å². The van der Waals surface area contributed by atoms with Gasteiger partial charge in [0.25, 0.3) is 17.1 Å². The first-order valence-corrected chi connectivity index (χ1v) is 9.72. The first kappa shape index (κ1) is 21.8. The van der Waals surface area contributed by atoms with Crippen LogP contribution < -0.4 is 10.6 Å². The number of hydrogen-bond donors (Lipinski definition) is 1. The number of ether oxygens (including phenoxy) is 1. The van der Waals surface area contributed by atoms with Crippen molar-refractivity contribution in [3.05, 3.63) is 21.8 Å². The molecule has 0 fully saturated rings. The standard InChI is InChI=1S/C13H10ClI3N2O5/c1-4(20)24-3-5(21)19(2)11-9(16)6(12(14)22)8(15)7(10(11)17)13(18)23/h3H2,1-2H3,(H2,18,23). The molecule has 11 heteroatoms. The molecule has 0 atom stereocenters. The molecule has 1 aromatic carbocycles. The zero-order valence-corrected chi connectivity index (χ0v) is 19.5. The molecule has 0 unspecified atom stereocenters. The van der Waals surface area contributed by atoms with Gasteiger partial charge in [-0.25, -0.2) is 0 Å². The van der Waals surface area contributed by atoms with Gasteiger partial charge in [0.2, 0.25) is 0 Å². The summed E-state index contributed by atoms with van der Waals surface area (Å²) in [7, 11) is 1.44. The average Bonchev–Trinajstić information content (AvgIpc) is 2.43. The molecule has 1 rings (SSSR count). The molecular weight excluding hydrogens is 680 g/mol. The largest absolute Gasteiger partial charge is 0.456 e. The third kappa shape index (κ3) is 4.69. The number of esters is 1. The van der Waals surface area contributed by atoms with Crippen LogP contribution in [0.1, 0.15) is 27.6 Å². The van der Waals surface area contributed by atoms with E-state index in [1.54, 1.807) is 0 Å². The van der Waals surface area contributed by atoms with E-state index in [1.807, 2.05) is 67.8 Å². The Kier molecular flexibility index (Phi) is 8.12. The van der Waals surface area contributed by atoms with E-state index in [-0.39, 0.29) is 11.1 Å². The van der Waals surface area contributed by atoms with Gasteiger partial charge in [-0.3, -0.25) is 19.2 Å². The number of carbonyl (C=O) groups excluding carboxylic acids is 4. The van der Waals surface area contributed by atoms with Crippen molar-refractivity contribution in [1.29, 1.82) is 0 Å². The fraction of sp³-hybridized carbons (Fsp3) is 0.231. The van der Waals surface area contributed by atoms with Crippen molar-refractivity contribution >= 4 is 108 Å². The van der Waals surface area contributed by atoms with Crippen LogP contribution in [0.2, 0.25) is 0 Å². The number of nitrogens with two attached hydrogens (primary N) is 1. The lowest BCUT2D eigenvalue weighted by atomic mass is 10.1. The van der Waals surface area contributed by atoms with Gasteiger partial charge in [-0.05, 0) is 79.4 Å². The third-order valence-corrected chi connectivity index (χ3v) is 6.21. The summed E-state index contributed by atoms with van der Waals surface area (Å²) in [5.41, 5.74) is 5.89. The fourth-order valence-electron chi connectivity index (χ4n) is 1.72. The number of rotatable bonds is 5. The molecule has 0 saturated heterocycles. The SMILES string of the molecule is CC(=O)OCC(=O)N(C)c1c(I)c(C(N)=O)c(I)c(C(=O)Cl)c1I. The van der Waals surface area contributed by atoms with Gasteiger partial charge in [-0.2, -0.15) is 0 Å². The molecule has 2 N–H and O–H groups in total. The number of primary amides is 1. The summed E-state index contributed by atoms with van der Waals surface area (Å²) >= 11 is 11.2. The van der Waals surface area contributed by atoms with Crippen LogP contribution in [0.5, 0.6) is 0 Å². The van der Waals surface area contributed by atoms with Gasteiger partial charge >= 0.3 is 5.97 Å². The molecule has 0 heterocycles. The number of nitrogens with zero attached hydrogens (tertiary/aromatic N) is 1. The lowest BCUT2D eigenvalue weighted by molar-refractivity contribution is -0.145. The summed E-state index contributed by atoms with van der Waals surface area (Å²) in [6.45, 7) is 0.709. The monoisotopic (exact) mass is 690 g/mol.